The highest BCUT2D eigenvalue weighted by molar-refractivity contribution is 5.87. The second-order valence-electron chi connectivity index (χ2n) is 5.12. The highest BCUT2D eigenvalue weighted by Gasteiger charge is 2.27. The Labute approximate surface area is 121 Å². The van der Waals surface area contributed by atoms with Crippen LogP contribution in [0.2, 0.25) is 0 Å². The first-order valence-corrected chi connectivity index (χ1v) is 6.80. The average Bonchev–Trinajstić information content (AvgIpc) is 2.45. The highest BCUT2D eigenvalue weighted by Crippen LogP contribution is 2.28. The molecule has 0 saturated carbocycles. The summed E-state index contributed by atoms with van der Waals surface area (Å²) in [7, 11) is 0. The number of hydrogen-bond acceptors (Lipinski definition) is 2. The summed E-state index contributed by atoms with van der Waals surface area (Å²) in [6, 6.07) is 10.8. The van der Waals surface area contributed by atoms with Gasteiger partial charge in [-0.05, 0) is 35.2 Å². The van der Waals surface area contributed by atoms with Crippen molar-refractivity contribution in [2.75, 3.05) is 6.61 Å². The molecule has 2 aromatic rings. The minimum Gasteiger partial charge on any atom is -0.365 e. The summed E-state index contributed by atoms with van der Waals surface area (Å²) in [6.45, 7) is 0.477. The fourth-order valence-corrected chi connectivity index (χ4v) is 2.67. The molecule has 4 heteroatoms. The van der Waals surface area contributed by atoms with Gasteiger partial charge in [0.05, 0.1) is 6.61 Å². The van der Waals surface area contributed by atoms with Gasteiger partial charge < -0.3 is 4.74 Å². The molecule has 0 aliphatic carbocycles. The Morgan fingerprint density at radius 1 is 1.14 bits per heavy atom. The predicted molar refractivity (Wildman–Crippen MR) is 73.9 cm³/mol. The standard InChI is InChI=1S/C17H14F2O2/c18-13-7-11(8-14(19)10-13)9-16(20)17-15-4-2-1-3-12(15)5-6-21-17/h1-4,7-8,10,17H,5-6,9H2. The van der Waals surface area contributed by atoms with E-state index in [4.69, 9.17) is 4.74 Å². The lowest BCUT2D eigenvalue weighted by Crippen LogP contribution is -2.24. The van der Waals surface area contributed by atoms with Crippen LogP contribution in [-0.2, 0) is 22.4 Å². The normalized spacial score (nSPS) is 17.3. The van der Waals surface area contributed by atoms with Gasteiger partial charge in [0.25, 0.3) is 0 Å². The van der Waals surface area contributed by atoms with Gasteiger partial charge in [0.1, 0.15) is 17.7 Å². The molecule has 1 aliphatic heterocycles. The number of ether oxygens (including phenoxy) is 1. The Hall–Kier alpha value is -2.07. The second-order valence-corrected chi connectivity index (χ2v) is 5.12. The van der Waals surface area contributed by atoms with Gasteiger partial charge in [-0.15, -0.1) is 0 Å². The summed E-state index contributed by atoms with van der Waals surface area (Å²) in [5.41, 5.74) is 2.27. The molecular formula is C17H14F2O2. The number of halogens is 2. The Kier molecular flexibility index (Phi) is 3.80. The van der Waals surface area contributed by atoms with Crippen molar-refractivity contribution in [3.63, 3.8) is 0 Å². The third kappa shape index (κ3) is 3.00. The Morgan fingerprint density at radius 2 is 1.86 bits per heavy atom. The third-order valence-corrected chi connectivity index (χ3v) is 3.59. The van der Waals surface area contributed by atoms with E-state index in [0.29, 0.717) is 12.2 Å². The van der Waals surface area contributed by atoms with Crippen molar-refractivity contribution < 1.29 is 18.3 Å². The first kappa shape index (κ1) is 13.9. The summed E-state index contributed by atoms with van der Waals surface area (Å²) < 4.78 is 31.9. The van der Waals surface area contributed by atoms with Crippen LogP contribution in [-0.4, -0.2) is 12.4 Å². The van der Waals surface area contributed by atoms with E-state index in [1.54, 1.807) is 0 Å². The highest BCUT2D eigenvalue weighted by atomic mass is 19.1. The van der Waals surface area contributed by atoms with Crippen LogP contribution in [0.5, 0.6) is 0 Å². The SMILES string of the molecule is O=C(Cc1cc(F)cc(F)c1)C1OCCc2ccccc21. The van der Waals surface area contributed by atoms with Crippen molar-refractivity contribution in [2.24, 2.45) is 0 Å². The van der Waals surface area contributed by atoms with Crippen LogP contribution >= 0.6 is 0 Å². The van der Waals surface area contributed by atoms with Gasteiger partial charge in [0.15, 0.2) is 5.78 Å². The largest absolute Gasteiger partial charge is 0.365 e. The van der Waals surface area contributed by atoms with Crippen molar-refractivity contribution >= 4 is 5.78 Å². The molecule has 0 radical (unpaired) electrons. The third-order valence-electron chi connectivity index (χ3n) is 3.59. The maximum Gasteiger partial charge on any atom is 0.170 e. The molecule has 1 heterocycles. The molecule has 1 unspecified atom stereocenters. The molecule has 0 bridgehead atoms. The first-order chi connectivity index (χ1) is 10.1. The summed E-state index contributed by atoms with van der Waals surface area (Å²) in [6.07, 6.45) is 0.0728. The van der Waals surface area contributed by atoms with Crippen LogP contribution in [0.3, 0.4) is 0 Å². The minimum atomic E-state index is -0.678. The van der Waals surface area contributed by atoms with E-state index in [1.165, 1.54) is 12.1 Å². The lowest BCUT2D eigenvalue weighted by atomic mass is 9.93. The zero-order valence-electron chi connectivity index (χ0n) is 11.3. The van der Waals surface area contributed by atoms with E-state index < -0.39 is 17.7 Å². The molecule has 1 atom stereocenters. The number of carbonyl (C=O) groups is 1. The van der Waals surface area contributed by atoms with Crippen LogP contribution in [0.1, 0.15) is 22.8 Å². The molecule has 0 fully saturated rings. The Balaban J connectivity index is 1.83. The summed E-state index contributed by atoms with van der Waals surface area (Å²) in [5.74, 6) is -1.54. The van der Waals surface area contributed by atoms with Gasteiger partial charge >= 0.3 is 0 Å². The van der Waals surface area contributed by atoms with Gasteiger partial charge in [0.2, 0.25) is 0 Å². The van der Waals surface area contributed by atoms with E-state index in [1.807, 2.05) is 24.3 Å². The van der Waals surface area contributed by atoms with E-state index >= 15 is 0 Å². The summed E-state index contributed by atoms with van der Waals surface area (Å²) in [4.78, 5) is 12.4. The average molecular weight is 288 g/mol. The number of hydrogen-bond donors (Lipinski definition) is 0. The summed E-state index contributed by atoms with van der Waals surface area (Å²) >= 11 is 0. The Morgan fingerprint density at radius 3 is 2.62 bits per heavy atom. The molecule has 2 nitrogen and oxygen atoms in total. The van der Waals surface area contributed by atoms with Crippen molar-refractivity contribution in [2.45, 2.75) is 18.9 Å². The number of Topliss-reactive ketones (excluding diaryl/α,β-unsaturated/α-hetero) is 1. The van der Waals surface area contributed by atoms with Gasteiger partial charge in [-0.2, -0.15) is 0 Å². The molecule has 21 heavy (non-hydrogen) atoms. The van der Waals surface area contributed by atoms with E-state index in [9.17, 15) is 13.6 Å². The number of rotatable bonds is 3. The number of carbonyl (C=O) groups excluding carboxylic acids is 1. The topological polar surface area (TPSA) is 26.3 Å². The molecule has 2 aromatic carbocycles. The second kappa shape index (κ2) is 5.74. The first-order valence-electron chi connectivity index (χ1n) is 6.80. The molecular weight excluding hydrogens is 274 g/mol. The number of benzene rings is 2. The zero-order chi connectivity index (χ0) is 14.8. The molecule has 0 spiro atoms. The number of ketones is 1. The monoisotopic (exact) mass is 288 g/mol. The smallest absolute Gasteiger partial charge is 0.170 e. The van der Waals surface area contributed by atoms with Crippen molar-refractivity contribution in [1.29, 1.82) is 0 Å². The fraction of sp³-hybridized carbons (Fsp3) is 0.235. The maximum absolute atomic E-state index is 13.2. The lowest BCUT2D eigenvalue weighted by Gasteiger charge is -2.25. The molecule has 3 rings (SSSR count). The Bertz CT molecular complexity index is 662. The van der Waals surface area contributed by atoms with Gasteiger partial charge in [-0.25, -0.2) is 8.78 Å². The maximum atomic E-state index is 13.2. The molecule has 1 aliphatic rings. The minimum absolute atomic E-state index is 0.0479. The zero-order valence-corrected chi connectivity index (χ0v) is 11.3. The predicted octanol–water partition coefficient (Wildman–Crippen LogP) is 3.39. The molecule has 0 N–H and O–H groups in total. The van der Waals surface area contributed by atoms with Crippen LogP contribution in [0.15, 0.2) is 42.5 Å². The van der Waals surface area contributed by atoms with Crippen molar-refractivity contribution in [3.8, 4) is 0 Å². The van der Waals surface area contributed by atoms with Gasteiger partial charge in [0, 0.05) is 12.5 Å². The van der Waals surface area contributed by atoms with Crippen LogP contribution in [0, 0.1) is 11.6 Å². The van der Waals surface area contributed by atoms with E-state index in [2.05, 4.69) is 0 Å². The van der Waals surface area contributed by atoms with Crippen molar-refractivity contribution in [3.05, 3.63) is 70.8 Å². The molecule has 0 aromatic heterocycles. The van der Waals surface area contributed by atoms with Crippen molar-refractivity contribution in [1.82, 2.24) is 0 Å². The molecule has 0 saturated heterocycles. The van der Waals surface area contributed by atoms with Crippen LogP contribution in [0.25, 0.3) is 0 Å². The number of fused-ring (bicyclic) bond motifs is 1. The quantitative estimate of drug-likeness (QED) is 0.865. The fourth-order valence-electron chi connectivity index (χ4n) is 2.67. The van der Waals surface area contributed by atoms with Crippen LogP contribution in [0.4, 0.5) is 8.78 Å². The van der Waals surface area contributed by atoms with E-state index in [-0.39, 0.29) is 12.2 Å². The molecule has 108 valence electrons. The summed E-state index contributed by atoms with van der Waals surface area (Å²) in [5, 5.41) is 0. The van der Waals surface area contributed by atoms with E-state index in [0.717, 1.165) is 23.6 Å². The lowest BCUT2D eigenvalue weighted by molar-refractivity contribution is -0.131. The van der Waals surface area contributed by atoms with Gasteiger partial charge in [-0.3, -0.25) is 4.79 Å². The van der Waals surface area contributed by atoms with Gasteiger partial charge in [-0.1, -0.05) is 24.3 Å². The molecule has 0 amide bonds. The van der Waals surface area contributed by atoms with Crippen LogP contribution < -0.4 is 0 Å².